The van der Waals surface area contributed by atoms with Gasteiger partial charge in [-0.3, -0.25) is 4.79 Å². The first-order chi connectivity index (χ1) is 9.12. The Morgan fingerprint density at radius 3 is 2.74 bits per heavy atom. The van der Waals surface area contributed by atoms with Crippen molar-refractivity contribution in [2.45, 2.75) is 12.5 Å². The normalized spacial score (nSPS) is 12.0. The van der Waals surface area contributed by atoms with Crippen LogP contribution in [0.1, 0.15) is 16.8 Å². The van der Waals surface area contributed by atoms with E-state index in [1.165, 1.54) is 19.2 Å². The summed E-state index contributed by atoms with van der Waals surface area (Å²) < 4.78 is 23.3. The first kappa shape index (κ1) is 15.7. The molecule has 0 aromatic heterocycles. The van der Waals surface area contributed by atoms with Gasteiger partial charge >= 0.3 is 0 Å². The lowest BCUT2D eigenvalue weighted by Gasteiger charge is -2.16. The maximum Gasteiger partial charge on any atom is 0.251 e. The van der Waals surface area contributed by atoms with Crippen molar-refractivity contribution in [1.82, 2.24) is 5.32 Å². The Hall–Kier alpha value is -1.33. The number of rotatable bonds is 7. The number of carbonyl (C=O) groups is 1. The maximum atomic E-state index is 13.5. The number of hydrogen-bond donors (Lipinski definition) is 1. The molecule has 0 aliphatic carbocycles. The monoisotopic (exact) mass is 289 g/mol. The molecule has 1 amide bonds. The number of ether oxygens (including phenoxy) is 2. The molecule has 0 spiro atoms. The van der Waals surface area contributed by atoms with E-state index in [4.69, 9.17) is 21.1 Å². The number of methoxy groups -OCH3 is 2. The number of carbonyl (C=O) groups excluding carboxylic acids is 1. The second-order valence-corrected chi connectivity index (χ2v) is 4.33. The SMILES string of the molecule is COCC(CCCl)NC(=O)c1ccc(OC)c(F)c1. The van der Waals surface area contributed by atoms with Crippen molar-refractivity contribution in [1.29, 1.82) is 0 Å². The maximum absolute atomic E-state index is 13.5. The third-order valence-corrected chi connectivity index (χ3v) is 2.79. The molecular weight excluding hydrogens is 273 g/mol. The van der Waals surface area contributed by atoms with Crippen LogP contribution < -0.4 is 10.1 Å². The van der Waals surface area contributed by atoms with Crippen LogP contribution in [0.4, 0.5) is 4.39 Å². The van der Waals surface area contributed by atoms with E-state index in [0.29, 0.717) is 18.9 Å². The summed E-state index contributed by atoms with van der Waals surface area (Å²) in [5.74, 6) is -0.430. The number of alkyl halides is 1. The average Bonchev–Trinajstić information content (AvgIpc) is 2.39. The quantitative estimate of drug-likeness (QED) is 0.783. The molecule has 19 heavy (non-hydrogen) atoms. The zero-order chi connectivity index (χ0) is 14.3. The van der Waals surface area contributed by atoms with Crippen LogP contribution in [0.5, 0.6) is 5.75 Å². The molecular formula is C13H17ClFNO3. The Kier molecular flexibility index (Phi) is 6.59. The fourth-order valence-corrected chi connectivity index (χ4v) is 1.87. The molecule has 4 nitrogen and oxygen atoms in total. The molecule has 106 valence electrons. The zero-order valence-corrected chi connectivity index (χ0v) is 11.7. The minimum absolute atomic E-state index is 0.103. The van der Waals surface area contributed by atoms with Gasteiger partial charge in [0.2, 0.25) is 0 Å². The highest BCUT2D eigenvalue weighted by atomic mass is 35.5. The minimum atomic E-state index is -0.573. The molecule has 1 rings (SSSR count). The molecule has 0 aliphatic heterocycles. The molecule has 6 heteroatoms. The molecule has 1 aromatic rings. The molecule has 0 heterocycles. The highest BCUT2D eigenvalue weighted by molar-refractivity contribution is 6.17. The van der Waals surface area contributed by atoms with Crippen LogP contribution in [-0.4, -0.2) is 38.7 Å². The van der Waals surface area contributed by atoms with Crippen molar-refractivity contribution in [3.8, 4) is 5.75 Å². The van der Waals surface area contributed by atoms with Crippen LogP contribution in [0, 0.1) is 5.82 Å². The van der Waals surface area contributed by atoms with E-state index in [1.54, 1.807) is 7.11 Å². The van der Waals surface area contributed by atoms with Crippen molar-refractivity contribution < 1.29 is 18.7 Å². The van der Waals surface area contributed by atoms with Gasteiger partial charge in [0.25, 0.3) is 5.91 Å². The van der Waals surface area contributed by atoms with Gasteiger partial charge in [-0.25, -0.2) is 4.39 Å². The van der Waals surface area contributed by atoms with Gasteiger partial charge in [0, 0.05) is 18.6 Å². The van der Waals surface area contributed by atoms with Crippen LogP contribution in [-0.2, 0) is 4.74 Å². The molecule has 0 saturated heterocycles. The van der Waals surface area contributed by atoms with Crippen LogP contribution in [0.25, 0.3) is 0 Å². The minimum Gasteiger partial charge on any atom is -0.494 e. The van der Waals surface area contributed by atoms with Gasteiger partial charge in [-0.1, -0.05) is 0 Å². The lowest BCUT2D eigenvalue weighted by molar-refractivity contribution is 0.0894. The summed E-state index contributed by atoms with van der Waals surface area (Å²) in [6, 6.07) is 3.86. The fraction of sp³-hybridized carbons (Fsp3) is 0.462. The number of halogens is 2. The molecule has 1 atom stereocenters. The van der Waals surface area contributed by atoms with Gasteiger partial charge in [0.1, 0.15) is 0 Å². The second kappa shape index (κ2) is 7.96. The van der Waals surface area contributed by atoms with Crippen molar-refractivity contribution in [2.75, 3.05) is 26.7 Å². The first-order valence-corrected chi connectivity index (χ1v) is 6.35. The van der Waals surface area contributed by atoms with E-state index in [9.17, 15) is 9.18 Å². The Bertz CT molecular complexity index is 422. The highest BCUT2D eigenvalue weighted by Crippen LogP contribution is 2.17. The van der Waals surface area contributed by atoms with Crippen LogP contribution in [0.3, 0.4) is 0 Å². The molecule has 1 aromatic carbocycles. The fourth-order valence-electron chi connectivity index (χ4n) is 1.61. The molecule has 0 saturated carbocycles. The summed E-state index contributed by atoms with van der Waals surface area (Å²) in [6.07, 6.45) is 0.583. The number of benzene rings is 1. The molecule has 1 unspecified atom stereocenters. The van der Waals surface area contributed by atoms with Crippen LogP contribution in [0.15, 0.2) is 18.2 Å². The summed E-state index contributed by atoms with van der Waals surface area (Å²) >= 11 is 5.64. The van der Waals surface area contributed by atoms with E-state index in [0.717, 1.165) is 6.07 Å². The Labute approximate surface area is 116 Å². The van der Waals surface area contributed by atoms with Crippen LogP contribution >= 0.6 is 11.6 Å². The van der Waals surface area contributed by atoms with Gasteiger partial charge in [0.15, 0.2) is 11.6 Å². The average molecular weight is 290 g/mol. The first-order valence-electron chi connectivity index (χ1n) is 5.81. The number of amides is 1. The predicted octanol–water partition coefficient (Wildman–Crippen LogP) is 2.21. The molecule has 0 bridgehead atoms. The summed E-state index contributed by atoms with van der Waals surface area (Å²) in [5.41, 5.74) is 0.231. The third-order valence-electron chi connectivity index (χ3n) is 2.57. The zero-order valence-electron chi connectivity index (χ0n) is 10.9. The second-order valence-electron chi connectivity index (χ2n) is 3.95. The van der Waals surface area contributed by atoms with E-state index < -0.39 is 5.82 Å². The Morgan fingerprint density at radius 2 is 2.21 bits per heavy atom. The highest BCUT2D eigenvalue weighted by Gasteiger charge is 2.15. The number of nitrogens with one attached hydrogen (secondary N) is 1. The van der Waals surface area contributed by atoms with Crippen molar-refractivity contribution >= 4 is 17.5 Å². The lowest BCUT2D eigenvalue weighted by Crippen LogP contribution is -2.38. The van der Waals surface area contributed by atoms with E-state index in [-0.39, 0.29) is 23.3 Å². The lowest BCUT2D eigenvalue weighted by atomic mass is 10.1. The molecule has 0 aliphatic rings. The standard InChI is InChI=1S/C13H17ClFNO3/c1-18-8-10(5-6-14)16-13(17)9-3-4-12(19-2)11(15)7-9/h3-4,7,10H,5-6,8H2,1-2H3,(H,16,17). The van der Waals surface area contributed by atoms with Crippen molar-refractivity contribution in [3.63, 3.8) is 0 Å². The largest absolute Gasteiger partial charge is 0.494 e. The van der Waals surface area contributed by atoms with E-state index >= 15 is 0 Å². The van der Waals surface area contributed by atoms with E-state index in [1.807, 2.05) is 0 Å². The van der Waals surface area contributed by atoms with Crippen LogP contribution in [0.2, 0.25) is 0 Å². The summed E-state index contributed by atoms with van der Waals surface area (Å²) in [4.78, 5) is 11.9. The molecule has 0 fully saturated rings. The van der Waals surface area contributed by atoms with Gasteiger partial charge in [-0.05, 0) is 24.6 Å². The third kappa shape index (κ3) is 4.69. The summed E-state index contributed by atoms with van der Waals surface area (Å²) in [6.45, 7) is 0.358. The van der Waals surface area contributed by atoms with Gasteiger partial charge in [-0.15, -0.1) is 11.6 Å². The van der Waals surface area contributed by atoms with Gasteiger partial charge in [-0.2, -0.15) is 0 Å². The smallest absolute Gasteiger partial charge is 0.251 e. The molecule has 0 radical (unpaired) electrons. The Morgan fingerprint density at radius 1 is 1.47 bits per heavy atom. The van der Waals surface area contributed by atoms with E-state index in [2.05, 4.69) is 5.32 Å². The van der Waals surface area contributed by atoms with Crippen molar-refractivity contribution in [2.24, 2.45) is 0 Å². The topological polar surface area (TPSA) is 47.6 Å². The molecule has 1 N–H and O–H groups in total. The summed E-state index contributed by atoms with van der Waals surface area (Å²) in [7, 11) is 2.91. The van der Waals surface area contributed by atoms with Gasteiger partial charge < -0.3 is 14.8 Å². The number of hydrogen-bond acceptors (Lipinski definition) is 3. The Balaban J connectivity index is 2.73. The van der Waals surface area contributed by atoms with Crippen molar-refractivity contribution in [3.05, 3.63) is 29.6 Å². The summed E-state index contributed by atoms with van der Waals surface area (Å²) in [5, 5.41) is 2.74. The predicted molar refractivity (Wildman–Crippen MR) is 71.4 cm³/mol. The van der Waals surface area contributed by atoms with Gasteiger partial charge in [0.05, 0.1) is 19.8 Å².